The molecule has 1 aromatic rings. The summed E-state index contributed by atoms with van der Waals surface area (Å²) in [5.41, 5.74) is 1.01. The molecule has 0 saturated carbocycles. The summed E-state index contributed by atoms with van der Waals surface area (Å²) in [4.78, 5) is 10.9. The van der Waals surface area contributed by atoms with Gasteiger partial charge in [0.1, 0.15) is 17.3 Å². The largest absolute Gasteiger partial charge is 0.370 e. The molecule has 0 bridgehead atoms. The first-order chi connectivity index (χ1) is 9.72. The fourth-order valence-electron chi connectivity index (χ4n) is 2.84. The second kappa shape index (κ2) is 7.79. The summed E-state index contributed by atoms with van der Waals surface area (Å²) in [5, 5.41) is 3.96. The van der Waals surface area contributed by atoms with Crippen molar-refractivity contribution >= 4 is 17.4 Å². The molecule has 1 aromatic heterocycles. The van der Waals surface area contributed by atoms with Crippen LogP contribution in [0.4, 0.5) is 5.82 Å². The molecule has 1 aliphatic rings. The molecule has 1 aliphatic heterocycles. The van der Waals surface area contributed by atoms with Gasteiger partial charge in [0, 0.05) is 24.7 Å². The lowest BCUT2D eigenvalue weighted by molar-refractivity contribution is 0.160. The minimum Gasteiger partial charge on any atom is -0.370 e. The molecule has 0 amide bonds. The van der Waals surface area contributed by atoms with Crippen LogP contribution in [0.1, 0.15) is 45.1 Å². The van der Waals surface area contributed by atoms with E-state index in [1.807, 2.05) is 0 Å². The first-order valence-corrected chi connectivity index (χ1v) is 8.07. The van der Waals surface area contributed by atoms with Gasteiger partial charge in [0.25, 0.3) is 0 Å². The van der Waals surface area contributed by atoms with E-state index in [-0.39, 0.29) is 0 Å². The number of piperidine rings is 1. The lowest BCUT2D eigenvalue weighted by Gasteiger charge is -2.33. The SMILES string of the molecule is CCc1c(Cl)ncnc1NCCCN1CCCCC1C. The van der Waals surface area contributed by atoms with Crippen molar-refractivity contribution in [1.82, 2.24) is 14.9 Å². The summed E-state index contributed by atoms with van der Waals surface area (Å²) in [6.45, 7) is 7.76. The average molecular weight is 297 g/mol. The lowest BCUT2D eigenvalue weighted by atomic mass is 10.0. The Morgan fingerprint density at radius 2 is 2.25 bits per heavy atom. The van der Waals surface area contributed by atoms with E-state index in [2.05, 4.69) is 34.0 Å². The lowest BCUT2D eigenvalue weighted by Crippen LogP contribution is -2.38. The van der Waals surface area contributed by atoms with Crippen molar-refractivity contribution in [2.45, 2.75) is 52.0 Å². The minimum absolute atomic E-state index is 0.564. The van der Waals surface area contributed by atoms with Crippen molar-refractivity contribution in [3.63, 3.8) is 0 Å². The number of hydrogen-bond donors (Lipinski definition) is 1. The second-order valence-electron chi connectivity index (χ2n) is 5.51. The molecule has 20 heavy (non-hydrogen) atoms. The zero-order valence-electron chi connectivity index (χ0n) is 12.5. The highest BCUT2D eigenvalue weighted by Gasteiger charge is 2.17. The van der Waals surface area contributed by atoms with Crippen LogP contribution in [0.2, 0.25) is 5.15 Å². The second-order valence-corrected chi connectivity index (χ2v) is 5.86. The summed E-state index contributed by atoms with van der Waals surface area (Å²) >= 11 is 6.08. The predicted molar refractivity (Wildman–Crippen MR) is 84.4 cm³/mol. The van der Waals surface area contributed by atoms with Crippen LogP contribution in [-0.2, 0) is 6.42 Å². The van der Waals surface area contributed by atoms with Crippen molar-refractivity contribution in [2.75, 3.05) is 25.0 Å². The van der Waals surface area contributed by atoms with E-state index in [4.69, 9.17) is 11.6 Å². The molecule has 0 aromatic carbocycles. The Hall–Kier alpha value is -0.870. The summed E-state index contributed by atoms with van der Waals surface area (Å²) in [6.07, 6.45) is 7.58. The molecular weight excluding hydrogens is 272 g/mol. The number of nitrogens with zero attached hydrogens (tertiary/aromatic N) is 3. The third kappa shape index (κ3) is 4.06. The monoisotopic (exact) mass is 296 g/mol. The average Bonchev–Trinajstić information content (AvgIpc) is 2.45. The van der Waals surface area contributed by atoms with Gasteiger partial charge in [-0.2, -0.15) is 0 Å². The number of likely N-dealkylation sites (tertiary alicyclic amines) is 1. The first kappa shape index (κ1) is 15.5. The zero-order chi connectivity index (χ0) is 14.4. The highest BCUT2D eigenvalue weighted by atomic mass is 35.5. The van der Waals surface area contributed by atoms with Crippen LogP contribution >= 0.6 is 11.6 Å². The summed E-state index contributed by atoms with van der Waals surface area (Å²) < 4.78 is 0. The molecule has 1 fully saturated rings. The number of hydrogen-bond acceptors (Lipinski definition) is 4. The number of nitrogens with one attached hydrogen (secondary N) is 1. The quantitative estimate of drug-likeness (QED) is 0.645. The molecule has 1 unspecified atom stereocenters. The zero-order valence-corrected chi connectivity index (χ0v) is 13.3. The van der Waals surface area contributed by atoms with Crippen LogP contribution in [0.15, 0.2) is 6.33 Å². The fourth-order valence-corrected chi connectivity index (χ4v) is 3.10. The Labute approximate surface area is 126 Å². The third-order valence-corrected chi connectivity index (χ3v) is 4.43. The van der Waals surface area contributed by atoms with Gasteiger partial charge < -0.3 is 10.2 Å². The Bertz CT molecular complexity index is 424. The molecule has 0 radical (unpaired) electrons. The van der Waals surface area contributed by atoms with Crippen molar-refractivity contribution in [3.8, 4) is 0 Å². The molecule has 4 nitrogen and oxygen atoms in total. The smallest absolute Gasteiger partial charge is 0.137 e. The van der Waals surface area contributed by atoms with Crippen LogP contribution in [0.3, 0.4) is 0 Å². The number of aromatic nitrogens is 2. The van der Waals surface area contributed by atoms with Gasteiger partial charge in [-0.3, -0.25) is 0 Å². The summed E-state index contributed by atoms with van der Waals surface area (Å²) in [7, 11) is 0. The van der Waals surface area contributed by atoms with Crippen LogP contribution in [0, 0.1) is 0 Å². The maximum Gasteiger partial charge on any atom is 0.137 e. The number of anilines is 1. The van der Waals surface area contributed by atoms with E-state index in [0.717, 1.165) is 43.4 Å². The topological polar surface area (TPSA) is 41.1 Å². The normalized spacial score (nSPS) is 20.1. The van der Waals surface area contributed by atoms with Crippen LogP contribution in [-0.4, -0.2) is 40.5 Å². The van der Waals surface area contributed by atoms with Crippen molar-refractivity contribution in [3.05, 3.63) is 17.0 Å². The Kier molecular flexibility index (Phi) is 6.05. The minimum atomic E-state index is 0.564. The highest BCUT2D eigenvalue weighted by molar-refractivity contribution is 6.30. The molecule has 1 saturated heterocycles. The van der Waals surface area contributed by atoms with Crippen LogP contribution in [0.5, 0.6) is 0 Å². The first-order valence-electron chi connectivity index (χ1n) is 7.69. The third-order valence-electron chi connectivity index (χ3n) is 4.10. The maximum absolute atomic E-state index is 6.08. The molecular formula is C15H25ClN4. The van der Waals surface area contributed by atoms with E-state index >= 15 is 0 Å². The molecule has 1 N–H and O–H groups in total. The van der Waals surface area contributed by atoms with Gasteiger partial charge in [0.2, 0.25) is 0 Å². The van der Waals surface area contributed by atoms with Gasteiger partial charge in [-0.1, -0.05) is 24.9 Å². The van der Waals surface area contributed by atoms with Gasteiger partial charge in [-0.25, -0.2) is 9.97 Å². The molecule has 1 atom stereocenters. The molecule has 5 heteroatoms. The van der Waals surface area contributed by atoms with Gasteiger partial charge in [-0.05, 0) is 39.2 Å². The maximum atomic E-state index is 6.08. The van der Waals surface area contributed by atoms with Crippen molar-refractivity contribution in [1.29, 1.82) is 0 Å². The van der Waals surface area contributed by atoms with E-state index in [9.17, 15) is 0 Å². The van der Waals surface area contributed by atoms with E-state index in [1.54, 1.807) is 0 Å². The highest BCUT2D eigenvalue weighted by Crippen LogP contribution is 2.20. The van der Waals surface area contributed by atoms with Gasteiger partial charge in [0.15, 0.2) is 0 Å². The summed E-state index contributed by atoms with van der Waals surface area (Å²) in [5.74, 6) is 0.888. The van der Waals surface area contributed by atoms with Crippen LogP contribution in [0.25, 0.3) is 0 Å². The van der Waals surface area contributed by atoms with E-state index < -0.39 is 0 Å². The van der Waals surface area contributed by atoms with Crippen molar-refractivity contribution < 1.29 is 0 Å². The van der Waals surface area contributed by atoms with Crippen molar-refractivity contribution in [2.24, 2.45) is 0 Å². The van der Waals surface area contributed by atoms with E-state index in [0.29, 0.717) is 5.15 Å². The van der Waals surface area contributed by atoms with E-state index in [1.165, 1.54) is 32.1 Å². The van der Waals surface area contributed by atoms with Crippen LogP contribution < -0.4 is 5.32 Å². The molecule has 112 valence electrons. The standard InChI is InChI=1S/C15H25ClN4/c1-3-13-14(16)18-11-19-15(13)17-8-6-10-20-9-5-4-7-12(20)2/h11-12H,3-10H2,1-2H3,(H,17,18,19). The van der Waals surface area contributed by atoms with Gasteiger partial charge >= 0.3 is 0 Å². The van der Waals surface area contributed by atoms with Gasteiger partial charge in [-0.15, -0.1) is 0 Å². The Morgan fingerprint density at radius 1 is 1.40 bits per heavy atom. The molecule has 0 spiro atoms. The molecule has 2 heterocycles. The number of halogens is 1. The Morgan fingerprint density at radius 3 is 3.00 bits per heavy atom. The Balaban J connectivity index is 1.77. The van der Waals surface area contributed by atoms with Gasteiger partial charge in [0.05, 0.1) is 0 Å². The summed E-state index contributed by atoms with van der Waals surface area (Å²) in [6, 6.07) is 0.739. The molecule has 2 rings (SSSR count). The fraction of sp³-hybridized carbons (Fsp3) is 0.733. The number of rotatable bonds is 6. The predicted octanol–water partition coefficient (Wildman–Crippen LogP) is 3.37. The molecule has 0 aliphatic carbocycles.